The van der Waals surface area contributed by atoms with Gasteiger partial charge in [0.2, 0.25) is 5.88 Å². The van der Waals surface area contributed by atoms with E-state index in [4.69, 9.17) is 4.84 Å². The third-order valence-electron chi connectivity index (χ3n) is 3.63. The second-order valence-electron chi connectivity index (χ2n) is 5.60. The van der Waals surface area contributed by atoms with Crippen LogP contribution in [0.2, 0.25) is 0 Å². The largest absolute Gasteiger partial charge is 0.435 e. The molecular weight excluding hydrogens is 403 g/mol. The summed E-state index contributed by atoms with van der Waals surface area (Å²) in [5.41, 5.74) is -1.40. The molecule has 0 saturated carbocycles. The Hall–Kier alpha value is -2.77. The van der Waals surface area contributed by atoms with Crippen LogP contribution < -0.4 is 4.84 Å². The van der Waals surface area contributed by atoms with Crippen molar-refractivity contribution in [1.82, 2.24) is 24.8 Å². The molecule has 3 rings (SSSR count). The quantitative estimate of drug-likeness (QED) is 0.630. The van der Waals surface area contributed by atoms with Crippen molar-refractivity contribution in [2.75, 3.05) is 12.8 Å². The smallest absolute Gasteiger partial charge is 0.361 e. The highest BCUT2D eigenvalue weighted by Crippen LogP contribution is 2.31. The van der Waals surface area contributed by atoms with Crippen molar-refractivity contribution >= 4 is 15.5 Å². The zero-order valence-electron chi connectivity index (χ0n) is 14.5. The number of hydroxylamine groups is 2. The Balaban J connectivity index is 2.19. The molecule has 3 heterocycles. The molecule has 0 aliphatic carbocycles. The van der Waals surface area contributed by atoms with Gasteiger partial charge in [-0.1, -0.05) is 6.92 Å². The summed E-state index contributed by atoms with van der Waals surface area (Å²) in [6, 6.07) is 4.48. The number of aromatic nitrogens is 4. The highest BCUT2D eigenvalue weighted by atomic mass is 32.2. The van der Waals surface area contributed by atoms with Gasteiger partial charge in [-0.15, -0.1) is 0 Å². The molecule has 0 amide bonds. The van der Waals surface area contributed by atoms with Crippen LogP contribution in [0.5, 0.6) is 5.88 Å². The van der Waals surface area contributed by atoms with Crippen molar-refractivity contribution in [3.05, 3.63) is 36.2 Å². The summed E-state index contributed by atoms with van der Waals surface area (Å²) in [5.74, 6) is -0.365. The minimum Gasteiger partial charge on any atom is -0.361 e. The van der Waals surface area contributed by atoms with Gasteiger partial charge in [0.1, 0.15) is 5.69 Å². The van der Waals surface area contributed by atoms with Crippen molar-refractivity contribution in [3.63, 3.8) is 0 Å². The third-order valence-corrected chi connectivity index (χ3v) is 5.39. The predicted molar refractivity (Wildman–Crippen MR) is 89.1 cm³/mol. The molecule has 0 saturated heterocycles. The zero-order valence-corrected chi connectivity index (χ0v) is 15.4. The van der Waals surface area contributed by atoms with Crippen LogP contribution >= 0.6 is 0 Å². The molecule has 28 heavy (non-hydrogen) atoms. The highest BCUT2D eigenvalue weighted by Gasteiger charge is 2.34. The fourth-order valence-corrected chi connectivity index (χ4v) is 3.39. The molecule has 0 unspecified atom stereocenters. The maximum Gasteiger partial charge on any atom is 0.435 e. The molecule has 13 heteroatoms. The van der Waals surface area contributed by atoms with Crippen LogP contribution in [0.4, 0.5) is 13.2 Å². The first-order valence-corrected chi connectivity index (χ1v) is 9.45. The molecule has 150 valence electrons. The van der Waals surface area contributed by atoms with Crippen molar-refractivity contribution in [2.24, 2.45) is 0 Å². The average Bonchev–Trinajstić information content (AvgIpc) is 3.04. The van der Waals surface area contributed by atoms with Gasteiger partial charge < -0.3 is 4.84 Å². The van der Waals surface area contributed by atoms with E-state index >= 15 is 0 Å². The summed E-state index contributed by atoms with van der Waals surface area (Å²) in [5, 5.41) is 12.9. The second kappa shape index (κ2) is 7.00. The first kappa shape index (κ1) is 20.0. The van der Waals surface area contributed by atoms with Gasteiger partial charge in [0, 0.05) is 18.3 Å². The Kier molecular flexibility index (Phi) is 4.99. The van der Waals surface area contributed by atoms with Crippen LogP contribution in [-0.4, -0.2) is 51.2 Å². The van der Waals surface area contributed by atoms with Crippen LogP contribution in [0.1, 0.15) is 12.6 Å². The van der Waals surface area contributed by atoms with Gasteiger partial charge in [-0.2, -0.15) is 18.3 Å². The molecule has 0 spiro atoms. The van der Waals surface area contributed by atoms with Crippen molar-refractivity contribution < 1.29 is 31.6 Å². The first-order valence-electron chi connectivity index (χ1n) is 7.79. The lowest BCUT2D eigenvalue weighted by Crippen LogP contribution is -2.18. The van der Waals surface area contributed by atoms with E-state index in [1.165, 1.54) is 38.4 Å². The summed E-state index contributed by atoms with van der Waals surface area (Å²) >= 11 is 0. The monoisotopic (exact) mass is 417 g/mol. The minimum atomic E-state index is -4.65. The van der Waals surface area contributed by atoms with Crippen molar-refractivity contribution in [1.29, 1.82) is 0 Å². The lowest BCUT2D eigenvalue weighted by Gasteiger charge is -2.13. The topological polar surface area (TPSA) is 110 Å². The normalized spacial score (nSPS) is 12.7. The standard InChI is InChI=1S/C15H14F3N5O4S/c1-3-28(25,26)10-4-5-13(27-22(2)24)20-14(10)9-6-7-23-12(19-9)8-11(21-23)15(16,17)18/h4-8,24H,3H2,1-2H3. The van der Waals surface area contributed by atoms with Gasteiger partial charge in [0.25, 0.3) is 0 Å². The van der Waals surface area contributed by atoms with Gasteiger partial charge in [0.05, 0.1) is 23.4 Å². The number of nitrogens with zero attached hydrogens (tertiary/aromatic N) is 5. The summed E-state index contributed by atoms with van der Waals surface area (Å²) in [6.07, 6.45) is -3.44. The summed E-state index contributed by atoms with van der Waals surface area (Å²) in [7, 11) is -2.56. The zero-order chi connectivity index (χ0) is 20.7. The Morgan fingerprint density at radius 2 is 1.96 bits per heavy atom. The van der Waals surface area contributed by atoms with Crippen molar-refractivity contribution in [2.45, 2.75) is 18.0 Å². The first-order chi connectivity index (χ1) is 13.0. The fraction of sp³-hybridized carbons (Fsp3) is 0.267. The van der Waals surface area contributed by atoms with Gasteiger partial charge >= 0.3 is 6.18 Å². The number of halogens is 3. The van der Waals surface area contributed by atoms with E-state index in [-0.39, 0.29) is 33.6 Å². The molecule has 3 aromatic rings. The Morgan fingerprint density at radius 3 is 2.57 bits per heavy atom. The van der Waals surface area contributed by atoms with E-state index in [2.05, 4.69) is 15.1 Å². The number of hydrogen-bond acceptors (Lipinski definition) is 8. The number of alkyl halides is 3. The molecule has 3 aromatic heterocycles. The fourth-order valence-electron chi connectivity index (χ4n) is 2.35. The molecule has 9 nitrogen and oxygen atoms in total. The number of sulfone groups is 1. The molecular formula is C15H14F3N5O4S. The van der Waals surface area contributed by atoms with Gasteiger partial charge in [-0.25, -0.2) is 22.9 Å². The minimum absolute atomic E-state index is 0.000748. The van der Waals surface area contributed by atoms with E-state index in [1.54, 1.807) is 0 Å². The summed E-state index contributed by atoms with van der Waals surface area (Å²) in [6.45, 7) is 1.44. The molecule has 0 aromatic carbocycles. The maximum absolute atomic E-state index is 12.9. The lowest BCUT2D eigenvalue weighted by atomic mass is 10.2. The van der Waals surface area contributed by atoms with Crippen LogP contribution in [-0.2, 0) is 16.0 Å². The molecule has 1 N–H and O–H groups in total. The summed E-state index contributed by atoms with van der Waals surface area (Å²) in [4.78, 5) is 12.8. The number of rotatable bonds is 5. The number of hydrogen-bond donors (Lipinski definition) is 1. The second-order valence-corrected chi connectivity index (χ2v) is 7.84. The van der Waals surface area contributed by atoms with Crippen LogP contribution in [0, 0.1) is 0 Å². The van der Waals surface area contributed by atoms with Crippen LogP contribution in [0.25, 0.3) is 17.0 Å². The van der Waals surface area contributed by atoms with Gasteiger partial charge in [-0.3, -0.25) is 5.21 Å². The lowest BCUT2D eigenvalue weighted by molar-refractivity contribution is -0.264. The molecule has 0 fully saturated rings. The molecule has 0 bridgehead atoms. The van der Waals surface area contributed by atoms with Crippen LogP contribution in [0.3, 0.4) is 0 Å². The Labute approximate surface area is 156 Å². The molecule has 0 atom stereocenters. The molecule has 0 aliphatic rings. The predicted octanol–water partition coefficient (Wildman–Crippen LogP) is 2.22. The molecule has 0 radical (unpaired) electrons. The third kappa shape index (κ3) is 3.90. The average molecular weight is 417 g/mol. The van der Waals surface area contributed by atoms with Crippen molar-refractivity contribution in [3.8, 4) is 17.3 Å². The van der Waals surface area contributed by atoms with Gasteiger partial charge in [-0.05, 0) is 17.4 Å². The van der Waals surface area contributed by atoms with E-state index in [1.807, 2.05) is 0 Å². The SMILES string of the molecule is CCS(=O)(=O)c1ccc(ON(C)O)nc1-c1ccn2nc(C(F)(F)F)cc2n1. The van der Waals surface area contributed by atoms with Gasteiger partial charge in [0.15, 0.2) is 21.2 Å². The van der Waals surface area contributed by atoms with E-state index < -0.39 is 21.7 Å². The Morgan fingerprint density at radius 1 is 1.25 bits per heavy atom. The van der Waals surface area contributed by atoms with E-state index in [9.17, 15) is 26.8 Å². The number of pyridine rings is 1. The molecule has 0 aliphatic heterocycles. The summed E-state index contributed by atoms with van der Waals surface area (Å²) < 4.78 is 64.3. The van der Waals surface area contributed by atoms with Crippen LogP contribution in [0.15, 0.2) is 35.4 Å². The highest BCUT2D eigenvalue weighted by molar-refractivity contribution is 7.91. The number of fused-ring (bicyclic) bond motifs is 1. The maximum atomic E-state index is 12.9. The van der Waals surface area contributed by atoms with E-state index in [0.29, 0.717) is 5.23 Å². The Bertz CT molecular complexity index is 1130. The van der Waals surface area contributed by atoms with E-state index in [0.717, 1.165) is 10.6 Å².